The van der Waals surface area contributed by atoms with Crippen molar-refractivity contribution in [2.45, 2.75) is 132 Å². The monoisotopic (exact) mass is 870 g/mol. The summed E-state index contributed by atoms with van der Waals surface area (Å²) in [5, 5.41) is 9.12. The van der Waals surface area contributed by atoms with E-state index in [0.717, 1.165) is 12.4 Å². The van der Waals surface area contributed by atoms with Crippen molar-refractivity contribution in [3.8, 4) is 5.88 Å². The first-order chi connectivity index (χ1) is 28.2. The Kier molecular flexibility index (Phi) is 14.9. The van der Waals surface area contributed by atoms with Gasteiger partial charge in [-0.05, 0) is 96.9 Å². The summed E-state index contributed by atoms with van der Waals surface area (Å²) < 4.78 is 31.4. The lowest BCUT2D eigenvalue weighted by molar-refractivity contribution is -0.0198. The van der Waals surface area contributed by atoms with E-state index in [9.17, 15) is 33.6 Å². The minimum atomic E-state index is -1.35. The van der Waals surface area contributed by atoms with E-state index in [4.69, 9.17) is 39.3 Å². The molecule has 24 heteroatoms. The quantitative estimate of drug-likeness (QED) is 0.128. The summed E-state index contributed by atoms with van der Waals surface area (Å²) in [6.07, 6.45) is -5.11. The summed E-state index contributed by atoms with van der Waals surface area (Å²) in [7, 11) is 0. The van der Waals surface area contributed by atoms with Gasteiger partial charge in [-0.2, -0.15) is 15.0 Å². The van der Waals surface area contributed by atoms with Crippen LogP contribution in [0.3, 0.4) is 0 Å². The minimum absolute atomic E-state index is 0.0494. The number of Topliss-reactive ketones (excluding diaryl/α,β-unsaturated/α-hetero) is 2. The fraction of sp³-hybridized carbons (Fsp3) is 0.526. The zero-order chi connectivity index (χ0) is 47.3. The Morgan fingerprint density at radius 3 is 1.58 bits per heavy atom. The Balaban J connectivity index is 0.000000497. The number of carbonyl (C=O) groups is 6. The summed E-state index contributed by atoms with van der Waals surface area (Å²) in [5.74, 6) is -2.74. The molecule has 0 aromatic carbocycles. The number of nitrogens with two attached hydrogens (primary N) is 1. The van der Waals surface area contributed by atoms with Crippen molar-refractivity contribution in [2.75, 3.05) is 10.6 Å². The Bertz CT molecular complexity index is 2400. The maximum absolute atomic E-state index is 13.2. The number of aromatic amines is 1. The van der Waals surface area contributed by atoms with Crippen LogP contribution in [0.1, 0.15) is 118 Å². The smallest absolute Gasteiger partial charge is 0.443 e. The third-order valence-electron chi connectivity index (χ3n) is 6.64. The number of ether oxygens (including phenoxy) is 6. The normalized spacial score (nSPS) is 12.8. The molecule has 4 rings (SSSR count). The van der Waals surface area contributed by atoms with Crippen molar-refractivity contribution in [3.05, 3.63) is 34.1 Å². The number of carbonyl (C=O) groups excluding carboxylic acids is 6. The van der Waals surface area contributed by atoms with Gasteiger partial charge in [0.05, 0.1) is 12.4 Å². The standard InChI is InChI=1S/C29H41N5O11.C9H9N5O3/c1-15(40-24(38)44-28(8,9)10)18(35)16-14-30-19-17(31-16)20(41-25(39)45-29(11,12)13)33-21(32-19)34(22(36)42-26(2,3)4)23(37)43-27(5,6)7;1-3(15)6(16)4-2-11-7-5(12-4)8(17)14-9(10)13-7/h14-15H,1-13H3;2-3,15H,1H3,(H3,10,11,13,14,17)/t15-;3-/m00/s1. The van der Waals surface area contributed by atoms with Crippen molar-refractivity contribution < 1.29 is 62.3 Å². The van der Waals surface area contributed by atoms with Crippen LogP contribution in [0, 0.1) is 0 Å². The second kappa shape index (κ2) is 18.7. The Morgan fingerprint density at radius 2 is 1.10 bits per heavy atom. The van der Waals surface area contributed by atoms with Gasteiger partial charge < -0.3 is 39.3 Å². The van der Waals surface area contributed by atoms with Gasteiger partial charge in [0.15, 0.2) is 28.4 Å². The number of rotatable bonds is 7. The first-order valence-corrected chi connectivity index (χ1v) is 18.6. The van der Waals surface area contributed by atoms with Crippen molar-refractivity contribution in [1.82, 2.24) is 39.9 Å². The number of amides is 2. The predicted octanol–water partition coefficient (Wildman–Crippen LogP) is 4.79. The van der Waals surface area contributed by atoms with Crippen molar-refractivity contribution in [1.29, 1.82) is 0 Å². The van der Waals surface area contributed by atoms with E-state index in [1.807, 2.05) is 0 Å². The number of aliphatic hydroxyl groups excluding tert-OH is 1. The van der Waals surface area contributed by atoms with Gasteiger partial charge in [0.1, 0.15) is 39.9 Å². The number of nitrogen functional groups attached to an aromatic ring is 1. The summed E-state index contributed by atoms with van der Waals surface area (Å²) in [4.78, 5) is 118. The summed E-state index contributed by atoms with van der Waals surface area (Å²) in [6, 6.07) is 0. The van der Waals surface area contributed by atoms with Crippen molar-refractivity contribution in [2.24, 2.45) is 0 Å². The molecular weight excluding hydrogens is 820 g/mol. The molecule has 0 saturated carbocycles. The van der Waals surface area contributed by atoms with E-state index in [0.29, 0.717) is 4.90 Å². The molecule has 4 aromatic heterocycles. The maximum Gasteiger partial charge on any atom is 0.515 e. The van der Waals surface area contributed by atoms with Gasteiger partial charge >= 0.3 is 24.5 Å². The van der Waals surface area contributed by atoms with E-state index in [-0.39, 0.29) is 39.7 Å². The van der Waals surface area contributed by atoms with E-state index < -0.39 is 88.1 Å². The Hall–Kier alpha value is -6.98. The number of aliphatic hydroxyl groups is 1. The molecule has 0 spiro atoms. The van der Waals surface area contributed by atoms with Gasteiger partial charge in [0.25, 0.3) is 11.4 Å². The molecule has 2 amide bonds. The number of nitrogens with zero attached hydrogens (tertiary/aromatic N) is 8. The lowest BCUT2D eigenvalue weighted by atomic mass is 10.2. The topological polar surface area (TPSA) is 330 Å². The summed E-state index contributed by atoms with van der Waals surface area (Å²) in [5.41, 5.74) is -0.268. The van der Waals surface area contributed by atoms with Crippen molar-refractivity contribution >= 4 is 70.3 Å². The van der Waals surface area contributed by atoms with Gasteiger partial charge in [-0.3, -0.25) is 19.4 Å². The van der Waals surface area contributed by atoms with Gasteiger partial charge in [-0.25, -0.2) is 39.1 Å². The van der Waals surface area contributed by atoms with E-state index in [1.54, 1.807) is 83.1 Å². The summed E-state index contributed by atoms with van der Waals surface area (Å²) >= 11 is 0. The van der Waals surface area contributed by atoms with Crippen LogP contribution in [0.25, 0.3) is 22.3 Å². The molecule has 4 heterocycles. The third-order valence-corrected chi connectivity index (χ3v) is 6.64. The molecule has 0 aliphatic rings. The van der Waals surface area contributed by atoms with Gasteiger partial charge in [-0.15, -0.1) is 4.90 Å². The molecule has 0 radical (unpaired) electrons. The SMILES string of the molecule is C[C@H](O)C(=O)c1cnc2nc(N)[nH]c(=O)c2n1.C[C@H](OC(=O)OC(C)(C)C)C(=O)c1cnc2nc(N(C(=O)OC(C)(C)C)C(=O)OC(C)(C)C)nc(OC(=O)OC(C)(C)C)c2n1. The second-order valence-corrected chi connectivity index (χ2v) is 17.1. The molecule has 62 heavy (non-hydrogen) atoms. The third kappa shape index (κ3) is 14.6. The molecule has 24 nitrogen and oxygen atoms in total. The van der Waals surface area contributed by atoms with Crippen LogP contribution in [0.15, 0.2) is 17.2 Å². The Labute approximate surface area is 354 Å². The number of anilines is 2. The van der Waals surface area contributed by atoms with Crippen molar-refractivity contribution in [3.63, 3.8) is 0 Å². The number of nitrogens with one attached hydrogen (secondary N) is 1. The highest BCUT2D eigenvalue weighted by Crippen LogP contribution is 2.27. The molecule has 0 saturated heterocycles. The van der Waals surface area contributed by atoms with E-state index >= 15 is 0 Å². The number of fused-ring (bicyclic) bond motifs is 2. The van der Waals surface area contributed by atoms with Crippen LogP contribution in [0.2, 0.25) is 0 Å². The highest BCUT2D eigenvalue weighted by atomic mass is 16.7. The molecule has 2 atom stereocenters. The molecule has 4 N–H and O–H groups in total. The lowest BCUT2D eigenvalue weighted by Crippen LogP contribution is -2.44. The fourth-order valence-corrected chi connectivity index (χ4v) is 4.31. The first-order valence-electron chi connectivity index (χ1n) is 18.6. The highest BCUT2D eigenvalue weighted by molar-refractivity contribution is 6.08. The molecule has 0 unspecified atom stereocenters. The maximum atomic E-state index is 13.2. The van der Waals surface area contributed by atoms with E-state index in [1.165, 1.54) is 13.8 Å². The van der Waals surface area contributed by atoms with Crippen LogP contribution in [-0.2, 0) is 23.7 Å². The average Bonchev–Trinajstić information content (AvgIpc) is 3.07. The molecule has 0 aliphatic carbocycles. The molecule has 0 aliphatic heterocycles. The van der Waals surface area contributed by atoms with Crippen LogP contribution in [-0.4, -0.2) is 116 Å². The average molecular weight is 871 g/mol. The first kappa shape index (κ1) is 49.4. The predicted molar refractivity (Wildman–Crippen MR) is 216 cm³/mol. The second-order valence-electron chi connectivity index (χ2n) is 17.1. The van der Waals surface area contributed by atoms with Crippen LogP contribution < -0.4 is 20.9 Å². The lowest BCUT2D eigenvalue weighted by Gasteiger charge is -2.27. The molecule has 336 valence electrons. The number of H-pyrrole nitrogens is 1. The van der Waals surface area contributed by atoms with E-state index in [2.05, 4.69) is 39.9 Å². The number of imide groups is 1. The largest absolute Gasteiger partial charge is 0.515 e. The summed E-state index contributed by atoms with van der Waals surface area (Å²) in [6.45, 7) is 21.7. The zero-order valence-corrected chi connectivity index (χ0v) is 36.7. The minimum Gasteiger partial charge on any atom is -0.443 e. The number of hydrogen-bond donors (Lipinski definition) is 3. The van der Waals surface area contributed by atoms with Crippen LogP contribution >= 0.6 is 0 Å². The number of hydrogen-bond acceptors (Lipinski definition) is 22. The molecule has 4 aromatic rings. The number of ketones is 2. The van der Waals surface area contributed by atoms with Gasteiger partial charge in [0.2, 0.25) is 23.5 Å². The molecular formula is C38H50N10O14. The highest BCUT2D eigenvalue weighted by Gasteiger charge is 2.36. The van der Waals surface area contributed by atoms with Gasteiger partial charge in [0, 0.05) is 0 Å². The Morgan fingerprint density at radius 1 is 0.645 bits per heavy atom. The number of aromatic nitrogens is 8. The van der Waals surface area contributed by atoms with Gasteiger partial charge in [-0.1, -0.05) is 0 Å². The molecule has 0 fully saturated rings. The zero-order valence-electron chi connectivity index (χ0n) is 36.7. The van der Waals surface area contributed by atoms with Crippen LogP contribution in [0.4, 0.5) is 31.1 Å². The molecule has 0 bridgehead atoms. The van der Waals surface area contributed by atoms with Crippen LogP contribution in [0.5, 0.6) is 5.88 Å². The fourth-order valence-electron chi connectivity index (χ4n) is 4.31.